The van der Waals surface area contributed by atoms with Gasteiger partial charge in [0.1, 0.15) is 5.75 Å². The minimum atomic E-state index is -0.938. The molecule has 0 heterocycles. The van der Waals surface area contributed by atoms with E-state index in [-0.39, 0.29) is 0 Å². The lowest BCUT2D eigenvalue weighted by Crippen LogP contribution is -2.29. The van der Waals surface area contributed by atoms with Crippen LogP contribution in [0.3, 0.4) is 0 Å². The second kappa shape index (κ2) is 3.01. The van der Waals surface area contributed by atoms with Gasteiger partial charge in [0.15, 0.2) is 0 Å². The highest BCUT2D eigenvalue weighted by atomic mass is 16.5. The van der Waals surface area contributed by atoms with Gasteiger partial charge in [0, 0.05) is 12.8 Å². The Kier molecular flexibility index (Phi) is 1.95. The van der Waals surface area contributed by atoms with E-state index in [1.54, 1.807) is 6.07 Å². The van der Waals surface area contributed by atoms with E-state index in [1.165, 1.54) is 0 Å². The SMILES string of the molecule is Cc1ccccc1OC1(C(=O)O)CC1. The summed E-state index contributed by atoms with van der Waals surface area (Å²) in [4.78, 5) is 10.9. The Bertz CT molecular complexity index is 367. The van der Waals surface area contributed by atoms with Crippen molar-refractivity contribution in [2.24, 2.45) is 0 Å². The molecule has 3 heteroatoms. The van der Waals surface area contributed by atoms with Crippen molar-refractivity contribution in [2.75, 3.05) is 0 Å². The summed E-state index contributed by atoms with van der Waals surface area (Å²) in [6.07, 6.45) is 1.22. The quantitative estimate of drug-likeness (QED) is 0.796. The Labute approximate surface area is 82.3 Å². The molecule has 2 rings (SSSR count). The summed E-state index contributed by atoms with van der Waals surface area (Å²) in [7, 11) is 0. The van der Waals surface area contributed by atoms with Crippen LogP contribution in [0, 0.1) is 6.92 Å². The molecule has 0 saturated heterocycles. The molecule has 1 aromatic carbocycles. The molecule has 74 valence electrons. The lowest BCUT2D eigenvalue weighted by molar-refractivity contribution is -0.147. The molecule has 0 amide bonds. The average molecular weight is 192 g/mol. The number of hydrogen-bond donors (Lipinski definition) is 1. The van der Waals surface area contributed by atoms with E-state index < -0.39 is 11.6 Å². The number of rotatable bonds is 3. The molecule has 1 aliphatic rings. The van der Waals surface area contributed by atoms with Crippen molar-refractivity contribution in [3.63, 3.8) is 0 Å². The van der Waals surface area contributed by atoms with Crippen LogP contribution in [0.15, 0.2) is 24.3 Å². The number of carbonyl (C=O) groups is 1. The Balaban J connectivity index is 2.19. The Morgan fingerprint density at radius 1 is 1.43 bits per heavy atom. The van der Waals surface area contributed by atoms with Crippen molar-refractivity contribution in [3.8, 4) is 5.75 Å². The number of aliphatic carboxylic acids is 1. The van der Waals surface area contributed by atoms with Crippen LogP contribution in [-0.4, -0.2) is 16.7 Å². The van der Waals surface area contributed by atoms with Crippen molar-refractivity contribution >= 4 is 5.97 Å². The highest BCUT2D eigenvalue weighted by Crippen LogP contribution is 2.41. The monoisotopic (exact) mass is 192 g/mol. The minimum Gasteiger partial charge on any atom is -0.478 e. The predicted molar refractivity (Wildman–Crippen MR) is 51.4 cm³/mol. The third-order valence-corrected chi connectivity index (χ3v) is 2.49. The van der Waals surface area contributed by atoms with Crippen LogP contribution in [0.1, 0.15) is 18.4 Å². The number of para-hydroxylation sites is 1. The van der Waals surface area contributed by atoms with Crippen molar-refractivity contribution < 1.29 is 14.6 Å². The van der Waals surface area contributed by atoms with Crippen LogP contribution >= 0.6 is 0 Å². The molecule has 1 saturated carbocycles. The van der Waals surface area contributed by atoms with Crippen molar-refractivity contribution in [1.29, 1.82) is 0 Å². The second-order valence-electron chi connectivity index (χ2n) is 3.67. The standard InChI is InChI=1S/C11H12O3/c1-8-4-2-3-5-9(8)14-11(6-7-11)10(12)13/h2-5H,6-7H2,1H3,(H,12,13). The largest absolute Gasteiger partial charge is 0.478 e. The predicted octanol–water partition coefficient (Wildman–Crippen LogP) is 1.99. The normalized spacial score (nSPS) is 17.5. The smallest absolute Gasteiger partial charge is 0.348 e. The van der Waals surface area contributed by atoms with Gasteiger partial charge in [0.25, 0.3) is 0 Å². The molecule has 1 fully saturated rings. The van der Waals surface area contributed by atoms with E-state index in [0.29, 0.717) is 18.6 Å². The summed E-state index contributed by atoms with van der Waals surface area (Å²) in [5, 5.41) is 8.93. The maximum Gasteiger partial charge on any atom is 0.348 e. The van der Waals surface area contributed by atoms with Gasteiger partial charge >= 0.3 is 5.97 Å². The van der Waals surface area contributed by atoms with Gasteiger partial charge < -0.3 is 9.84 Å². The van der Waals surface area contributed by atoms with Crippen molar-refractivity contribution in [2.45, 2.75) is 25.4 Å². The van der Waals surface area contributed by atoms with Gasteiger partial charge in [-0.1, -0.05) is 18.2 Å². The lowest BCUT2D eigenvalue weighted by Gasteiger charge is -2.14. The topological polar surface area (TPSA) is 46.5 Å². The number of ether oxygens (including phenoxy) is 1. The molecular weight excluding hydrogens is 180 g/mol. The first kappa shape index (κ1) is 9.06. The summed E-state index contributed by atoms with van der Waals surface area (Å²) in [5.41, 5.74) is 0.0339. The third-order valence-electron chi connectivity index (χ3n) is 2.49. The van der Waals surface area contributed by atoms with E-state index >= 15 is 0 Å². The van der Waals surface area contributed by atoms with Crippen molar-refractivity contribution in [1.82, 2.24) is 0 Å². The zero-order chi connectivity index (χ0) is 10.2. The zero-order valence-electron chi connectivity index (χ0n) is 7.99. The Hall–Kier alpha value is -1.51. The van der Waals surface area contributed by atoms with Gasteiger partial charge in [0.2, 0.25) is 5.60 Å². The Morgan fingerprint density at radius 3 is 2.57 bits per heavy atom. The molecule has 0 aliphatic heterocycles. The number of aryl methyl sites for hydroxylation is 1. The molecule has 3 nitrogen and oxygen atoms in total. The highest BCUT2D eigenvalue weighted by Gasteiger charge is 2.53. The second-order valence-corrected chi connectivity index (χ2v) is 3.67. The van der Waals surface area contributed by atoms with E-state index in [4.69, 9.17) is 9.84 Å². The fourth-order valence-corrected chi connectivity index (χ4v) is 1.35. The van der Waals surface area contributed by atoms with Gasteiger partial charge in [0.05, 0.1) is 0 Å². The average Bonchev–Trinajstić information content (AvgIpc) is 2.90. The number of carboxylic acid groups (broad SMARTS) is 1. The van der Waals surface area contributed by atoms with Crippen LogP contribution in [-0.2, 0) is 4.79 Å². The zero-order valence-corrected chi connectivity index (χ0v) is 7.99. The molecular formula is C11H12O3. The summed E-state index contributed by atoms with van der Waals surface area (Å²) in [5.74, 6) is -0.187. The van der Waals surface area contributed by atoms with Gasteiger partial charge in [-0.25, -0.2) is 4.79 Å². The van der Waals surface area contributed by atoms with Crippen molar-refractivity contribution in [3.05, 3.63) is 29.8 Å². The Morgan fingerprint density at radius 2 is 2.07 bits per heavy atom. The van der Waals surface area contributed by atoms with Crippen LogP contribution in [0.25, 0.3) is 0 Å². The van der Waals surface area contributed by atoms with Crippen LogP contribution in [0.2, 0.25) is 0 Å². The van der Waals surface area contributed by atoms with Gasteiger partial charge in [-0.2, -0.15) is 0 Å². The molecule has 0 unspecified atom stereocenters. The van der Waals surface area contributed by atoms with E-state index in [2.05, 4.69) is 0 Å². The molecule has 0 atom stereocenters. The first-order chi connectivity index (χ1) is 6.64. The molecule has 0 bridgehead atoms. The van der Waals surface area contributed by atoms with Gasteiger partial charge in [-0.05, 0) is 18.6 Å². The number of benzene rings is 1. The molecule has 1 aliphatic carbocycles. The summed E-state index contributed by atoms with van der Waals surface area (Å²) < 4.78 is 5.51. The van der Waals surface area contributed by atoms with Gasteiger partial charge in [-0.3, -0.25) is 0 Å². The third kappa shape index (κ3) is 1.45. The summed E-state index contributed by atoms with van der Waals surface area (Å²) >= 11 is 0. The number of hydrogen-bond acceptors (Lipinski definition) is 2. The van der Waals surface area contributed by atoms with E-state index in [1.807, 2.05) is 25.1 Å². The first-order valence-electron chi connectivity index (χ1n) is 4.62. The minimum absolute atomic E-state index is 0.608. The lowest BCUT2D eigenvalue weighted by atomic mass is 10.2. The fraction of sp³-hybridized carbons (Fsp3) is 0.364. The van der Waals surface area contributed by atoms with Crippen LogP contribution in [0.4, 0.5) is 0 Å². The fourth-order valence-electron chi connectivity index (χ4n) is 1.35. The molecule has 14 heavy (non-hydrogen) atoms. The maximum atomic E-state index is 10.9. The molecule has 0 radical (unpaired) electrons. The summed E-state index contributed by atoms with van der Waals surface area (Å²) in [6, 6.07) is 7.47. The van der Waals surface area contributed by atoms with E-state index in [9.17, 15) is 4.79 Å². The molecule has 1 aromatic rings. The van der Waals surface area contributed by atoms with E-state index in [0.717, 1.165) is 5.56 Å². The van der Waals surface area contributed by atoms with Crippen LogP contribution < -0.4 is 4.74 Å². The number of carboxylic acids is 1. The van der Waals surface area contributed by atoms with Gasteiger partial charge in [-0.15, -0.1) is 0 Å². The highest BCUT2D eigenvalue weighted by molar-refractivity contribution is 5.81. The summed E-state index contributed by atoms with van der Waals surface area (Å²) in [6.45, 7) is 1.91. The maximum absolute atomic E-state index is 10.9. The molecule has 1 N–H and O–H groups in total. The molecule has 0 spiro atoms. The van der Waals surface area contributed by atoms with Crippen LogP contribution in [0.5, 0.6) is 5.75 Å². The molecule has 0 aromatic heterocycles. The first-order valence-corrected chi connectivity index (χ1v) is 4.62.